The Labute approximate surface area is 167 Å². The molecule has 0 aromatic carbocycles. The molecule has 2 N–H and O–H groups in total. The van der Waals surface area contributed by atoms with Gasteiger partial charge in [-0.25, -0.2) is 9.97 Å². The van der Waals surface area contributed by atoms with E-state index >= 15 is 0 Å². The molecule has 0 saturated heterocycles. The second-order valence-corrected chi connectivity index (χ2v) is 7.66. The van der Waals surface area contributed by atoms with Crippen LogP contribution in [-0.4, -0.2) is 33.2 Å². The summed E-state index contributed by atoms with van der Waals surface area (Å²) < 4.78 is 7.60. The molecule has 0 saturated carbocycles. The Morgan fingerprint density at radius 2 is 1.89 bits per heavy atom. The summed E-state index contributed by atoms with van der Waals surface area (Å²) in [5.74, 6) is 0.358. The summed E-state index contributed by atoms with van der Waals surface area (Å²) in [5.41, 5.74) is 13.6. The highest BCUT2D eigenvalue weighted by Crippen LogP contribution is 2.30. The fourth-order valence-corrected chi connectivity index (χ4v) is 3.61. The van der Waals surface area contributed by atoms with Gasteiger partial charge in [-0.15, -0.1) is 0 Å². The maximum atomic E-state index is 6.02. The Morgan fingerprint density at radius 1 is 1.14 bits per heavy atom. The van der Waals surface area contributed by atoms with Crippen molar-refractivity contribution in [1.82, 2.24) is 19.5 Å². The third kappa shape index (κ3) is 3.66. The predicted molar refractivity (Wildman–Crippen MR) is 113 cm³/mol. The smallest absolute Gasteiger partial charge is 0.159 e. The zero-order valence-corrected chi connectivity index (χ0v) is 17.8. The number of fused-ring (bicyclic) bond motifs is 1. The molecule has 0 bridgehead atoms. The quantitative estimate of drug-likeness (QED) is 0.660. The van der Waals surface area contributed by atoms with Crippen LogP contribution in [0.5, 0.6) is 0 Å². The average Bonchev–Trinajstić information content (AvgIpc) is 3.00. The zero-order valence-electron chi connectivity index (χ0n) is 17.8. The molecule has 3 aromatic rings. The summed E-state index contributed by atoms with van der Waals surface area (Å²) >= 11 is 0. The van der Waals surface area contributed by atoms with E-state index < -0.39 is 0 Å². The van der Waals surface area contributed by atoms with E-state index in [2.05, 4.69) is 50.6 Å². The van der Waals surface area contributed by atoms with Crippen LogP contribution in [0, 0.1) is 13.8 Å². The van der Waals surface area contributed by atoms with E-state index in [1.165, 1.54) is 0 Å². The number of hydrogen-bond donors (Lipinski definition) is 1. The average molecular weight is 382 g/mol. The topological polar surface area (TPSA) is 78.8 Å². The van der Waals surface area contributed by atoms with Gasteiger partial charge in [-0.2, -0.15) is 0 Å². The summed E-state index contributed by atoms with van der Waals surface area (Å²) in [5, 5.41) is 0. The van der Waals surface area contributed by atoms with Gasteiger partial charge >= 0.3 is 0 Å². The Hall–Kier alpha value is -2.31. The molecular formula is C22H31N5O. The molecule has 0 aliphatic heterocycles. The van der Waals surface area contributed by atoms with E-state index in [1.807, 2.05) is 6.92 Å². The van der Waals surface area contributed by atoms with Gasteiger partial charge in [0.2, 0.25) is 0 Å². The van der Waals surface area contributed by atoms with Gasteiger partial charge in [-0.1, -0.05) is 20.8 Å². The van der Waals surface area contributed by atoms with Crippen molar-refractivity contribution in [2.75, 3.05) is 13.7 Å². The number of nitrogens with zero attached hydrogens (tertiary/aromatic N) is 4. The molecule has 0 spiro atoms. The van der Waals surface area contributed by atoms with E-state index in [-0.39, 0.29) is 6.04 Å². The third-order valence-corrected chi connectivity index (χ3v) is 5.26. The Kier molecular flexibility index (Phi) is 6.10. The number of aromatic nitrogens is 4. The number of nitrogens with two attached hydrogens (primary N) is 1. The second kappa shape index (κ2) is 8.37. The Bertz CT molecular complexity index is 977. The fraction of sp³-hybridized carbons (Fsp3) is 0.500. The van der Waals surface area contributed by atoms with E-state index in [0.29, 0.717) is 19.1 Å². The van der Waals surface area contributed by atoms with Crippen LogP contribution in [0.15, 0.2) is 18.3 Å². The molecule has 6 nitrogen and oxygen atoms in total. The van der Waals surface area contributed by atoms with Gasteiger partial charge in [0, 0.05) is 31.1 Å². The number of ether oxygens (including phenoxy) is 1. The van der Waals surface area contributed by atoms with Crippen LogP contribution in [0.25, 0.3) is 22.4 Å². The van der Waals surface area contributed by atoms with Gasteiger partial charge < -0.3 is 15.0 Å². The first-order valence-electron chi connectivity index (χ1n) is 9.96. The number of aryl methyl sites for hydroxylation is 2. The lowest BCUT2D eigenvalue weighted by Gasteiger charge is -2.17. The molecule has 3 aromatic heterocycles. The molecule has 0 aliphatic rings. The Balaban J connectivity index is 2.17. The number of rotatable bonds is 7. The highest BCUT2D eigenvalue weighted by atomic mass is 16.5. The molecule has 150 valence electrons. The van der Waals surface area contributed by atoms with Crippen LogP contribution < -0.4 is 5.73 Å². The van der Waals surface area contributed by atoms with Crippen molar-refractivity contribution >= 4 is 11.2 Å². The van der Waals surface area contributed by atoms with Crippen molar-refractivity contribution in [3.05, 3.63) is 41.0 Å². The normalized spacial score (nSPS) is 12.9. The van der Waals surface area contributed by atoms with Gasteiger partial charge in [-0.3, -0.25) is 4.98 Å². The van der Waals surface area contributed by atoms with E-state index in [9.17, 15) is 0 Å². The van der Waals surface area contributed by atoms with E-state index in [4.69, 9.17) is 25.4 Å². The van der Waals surface area contributed by atoms with Gasteiger partial charge in [0.15, 0.2) is 5.65 Å². The molecule has 6 heteroatoms. The first kappa shape index (κ1) is 20.4. The van der Waals surface area contributed by atoms with Gasteiger partial charge in [0.25, 0.3) is 0 Å². The lowest BCUT2D eigenvalue weighted by Crippen LogP contribution is -2.14. The minimum Gasteiger partial charge on any atom is -0.383 e. The highest BCUT2D eigenvalue weighted by Gasteiger charge is 2.19. The van der Waals surface area contributed by atoms with Crippen LogP contribution in [-0.2, 0) is 11.3 Å². The first-order chi connectivity index (χ1) is 13.4. The van der Waals surface area contributed by atoms with Crippen LogP contribution in [0.2, 0.25) is 0 Å². The summed E-state index contributed by atoms with van der Waals surface area (Å²) in [7, 11) is 1.73. The number of methoxy groups -OCH3 is 1. The molecule has 28 heavy (non-hydrogen) atoms. The monoisotopic (exact) mass is 381 g/mol. The summed E-state index contributed by atoms with van der Waals surface area (Å²) in [6.07, 6.45) is 3.10. The van der Waals surface area contributed by atoms with Crippen LogP contribution in [0.1, 0.15) is 61.8 Å². The molecule has 0 radical (unpaired) electrons. The molecule has 3 heterocycles. The van der Waals surface area contributed by atoms with Crippen molar-refractivity contribution in [3.63, 3.8) is 0 Å². The van der Waals surface area contributed by atoms with Crippen molar-refractivity contribution < 1.29 is 4.74 Å². The number of pyridine rings is 1. The molecule has 0 unspecified atom stereocenters. The minimum absolute atomic E-state index is 0.243. The molecule has 3 rings (SSSR count). The highest BCUT2D eigenvalue weighted by molar-refractivity contribution is 5.80. The molecule has 0 aliphatic carbocycles. The molecular weight excluding hydrogens is 350 g/mol. The largest absolute Gasteiger partial charge is 0.383 e. The second-order valence-electron chi connectivity index (χ2n) is 7.66. The van der Waals surface area contributed by atoms with Gasteiger partial charge in [0.1, 0.15) is 5.52 Å². The minimum atomic E-state index is 0.243. The lowest BCUT2D eigenvalue weighted by molar-refractivity contribution is 0.154. The first-order valence-corrected chi connectivity index (χ1v) is 9.96. The van der Waals surface area contributed by atoms with Crippen LogP contribution in [0.4, 0.5) is 0 Å². The summed E-state index contributed by atoms with van der Waals surface area (Å²) in [6.45, 7) is 11.5. The van der Waals surface area contributed by atoms with E-state index in [0.717, 1.165) is 51.5 Å². The Morgan fingerprint density at radius 3 is 2.50 bits per heavy atom. The molecule has 0 fully saturated rings. The zero-order chi connectivity index (χ0) is 20.4. The van der Waals surface area contributed by atoms with Crippen molar-refractivity contribution in [1.29, 1.82) is 0 Å². The SMILES string of the molecule is CC[C@@H](COC)n1cc(C)c2nc(-c3ccc(C(C)C)nc3CN)c(C)nc21. The van der Waals surface area contributed by atoms with Crippen LogP contribution in [0.3, 0.4) is 0 Å². The van der Waals surface area contributed by atoms with Crippen molar-refractivity contribution in [2.24, 2.45) is 5.73 Å². The van der Waals surface area contributed by atoms with Crippen molar-refractivity contribution in [2.45, 2.75) is 59.5 Å². The predicted octanol–water partition coefficient (Wildman–Crippen LogP) is 4.29. The maximum Gasteiger partial charge on any atom is 0.159 e. The lowest BCUT2D eigenvalue weighted by atomic mass is 10.0. The third-order valence-electron chi connectivity index (χ3n) is 5.26. The van der Waals surface area contributed by atoms with Gasteiger partial charge in [-0.05, 0) is 43.9 Å². The molecule has 0 amide bonds. The number of hydrogen-bond acceptors (Lipinski definition) is 5. The van der Waals surface area contributed by atoms with E-state index in [1.54, 1.807) is 7.11 Å². The van der Waals surface area contributed by atoms with Gasteiger partial charge in [0.05, 0.1) is 29.7 Å². The summed E-state index contributed by atoms with van der Waals surface area (Å²) in [6, 6.07) is 4.39. The fourth-order valence-electron chi connectivity index (χ4n) is 3.61. The van der Waals surface area contributed by atoms with Crippen LogP contribution >= 0.6 is 0 Å². The van der Waals surface area contributed by atoms with Crippen molar-refractivity contribution in [3.8, 4) is 11.3 Å². The maximum absolute atomic E-state index is 6.02. The summed E-state index contributed by atoms with van der Waals surface area (Å²) in [4.78, 5) is 14.7. The molecule has 1 atom stereocenters. The standard InChI is InChI=1S/C22H31N5O/c1-7-16(12-28-6)27-11-14(4)20-22(27)24-15(5)21(26-20)17-8-9-18(13(2)3)25-19(17)10-23/h8-9,11,13,16H,7,10,12,23H2,1-6H3/t16-/m0/s1.